The topological polar surface area (TPSA) is 76.7 Å². The van der Waals surface area contributed by atoms with Crippen molar-refractivity contribution in [1.82, 2.24) is 10.6 Å². The fraction of sp³-hybridized carbons (Fsp3) is 0.630. The lowest BCUT2D eigenvalue weighted by atomic mass is 10.0. The van der Waals surface area contributed by atoms with Gasteiger partial charge in [-0.15, -0.1) is 0 Å². The number of carbonyl (C=O) groups excluding carboxylic acids is 2. The zero-order chi connectivity index (χ0) is 23.7. The molecule has 0 saturated carbocycles. The zero-order valence-electron chi connectivity index (χ0n) is 20.5. The standard InChI is InChI=1S/C27H42N2O4/c1-3-5-7-9-11-17-28-26(31)21-32-23-15-13-22(14-16-23)19-24-25(30)20-33-27(24)29-18-12-10-8-6-4-2/h13-16,29H,3-12,17-21H2,1-2H3,(H,28,31). The number of ether oxygens (including phenoxy) is 2. The summed E-state index contributed by atoms with van der Waals surface area (Å²) in [5, 5.41) is 6.20. The number of rotatable bonds is 18. The van der Waals surface area contributed by atoms with Gasteiger partial charge in [0.15, 0.2) is 19.1 Å². The van der Waals surface area contributed by atoms with Crippen molar-refractivity contribution in [2.45, 2.75) is 84.5 Å². The Morgan fingerprint density at radius 1 is 0.909 bits per heavy atom. The predicted octanol–water partition coefficient (Wildman–Crippen LogP) is 5.07. The van der Waals surface area contributed by atoms with Gasteiger partial charge in [-0.3, -0.25) is 9.59 Å². The third-order valence-electron chi connectivity index (χ3n) is 5.80. The smallest absolute Gasteiger partial charge is 0.257 e. The fourth-order valence-electron chi connectivity index (χ4n) is 3.77. The van der Waals surface area contributed by atoms with Crippen molar-refractivity contribution in [3.8, 4) is 5.75 Å². The van der Waals surface area contributed by atoms with Gasteiger partial charge in [0.05, 0.1) is 5.57 Å². The van der Waals surface area contributed by atoms with Crippen LogP contribution in [-0.4, -0.2) is 38.0 Å². The Bertz CT molecular complexity index is 743. The molecule has 1 aromatic carbocycles. The lowest BCUT2D eigenvalue weighted by Crippen LogP contribution is -2.29. The normalized spacial score (nSPS) is 13.2. The quantitative estimate of drug-likeness (QED) is 0.301. The highest BCUT2D eigenvalue weighted by molar-refractivity contribution is 5.99. The molecular formula is C27H42N2O4. The lowest BCUT2D eigenvalue weighted by molar-refractivity contribution is -0.123. The highest BCUT2D eigenvalue weighted by Gasteiger charge is 2.24. The molecule has 0 saturated heterocycles. The molecule has 0 spiro atoms. The summed E-state index contributed by atoms with van der Waals surface area (Å²) in [6.45, 7) is 6.05. The zero-order valence-corrected chi connectivity index (χ0v) is 20.5. The Morgan fingerprint density at radius 2 is 1.55 bits per heavy atom. The van der Waals surface area contributed by atoms with Gasteiger partial charge in [-0.25, -0.2) is 0 Å². The van der Waals surface area contributed by atoms with Crippen LogP contribution in [0.4, 0.5) is 0 Å². The van der Waals surface area contributed by atoms with Crippen molar-refractivity contribution >= 4 is 11.7 Å². The van der Waals surface area contributed by atoms with E-state index in [9.17, 15) is 9.59 Å². The Kier molecular flexibility index (Phi) is 13.1. The average molecular weight is 459 g/mol. The summed E-state index contributed by atoms with van der Waals surface area (Å²) in [7, 11) is 0. The number of hydrogen-bond acceptors (Lipinski definition) is 5. The summed E-state index contributed by atoms with van der Waals surface area (Å²) in [4.78, 5) is 24.2. The monoisotopic (exact) mass is 458 g/mol. The predicted molar refractivity (Wildman–Crippen MR) is 132 cm³/mol. The maximum Gasteiger partial charge on any atom is 0.257 e. The molecule has 6 nitrogen and oxygen atoms in total. The van der Waals surface area contributed by atoms with E-state index < -0.39 is 0 Å². The van der Waals surface area contributed by atoms with Gasteiger partial charge in [0.2, 0.25) is 5.78 Å². The van der Waals surface area contributed by atoms with Crippen molar-refractivity contribution in [2.75, 3.05) is 26.3 Å². The van der Waals surface area contributed by atoms with Gasteiger partial charge in [-0.1, -0.05) is 77.3 Å². The van der Waals surface area contributed by atoms with Crippen LogP contribution in [0.3, 0.4) is 0 Å². The van der Waals surface area contributed by atoms with E-state index >= 15 is 0 Å². The van der Waals surface area contributed by atoms with E-state index in [1.54, 1.807) is 0 Å². The summed E-state index contributed by atoms with van der Waals surface area (Å²) in [6, 6.07) is 7.55. The van der Waals surface area contributed by atoms with Crippen molar-refractivity contribution in [1.29, 1.82) is 0 Å². The minimum Gasteiger partial charge on any atom is -0.484 e. The maximum atomic E-state index is 12.3. The molecular weight excluding hydrogens is 416 g/mol. The second-order valence-electron chi connectivity index (χ2n) is 8.73. The third-order valence-corrected chi connectivity index (χ3v) is 5.80. The Hall–Kier alpha value is -2.50. The number of unbranched alkanes of at least 4 members (excludes halogenated alkanes) is 8. The average Bonchev–Trinajstić information content (AvgIpc) is 3.17. The number of amides is 1. The lowest BCUT2D eigenvalue weighted by Gasteiger charge is -2.10. The molecule has 184 valence electrons. The first-order chi connectivity index (χ1) is 16.1. The number of carbonyl (C=O) groups is 2. The van der Waals surface area contributed by atoms with Gasteiger partial charge in [-0.05, 0) is 30.5 Å². The van der Waals surface area contributed by atoms with Crippen molar-refractivity contribution in [3.63, 3.8) is 0 Å². The Labute approximate surface area is 199 Å². The van der Waals surface area contributed by atoms with Crippen LogP contribution in [0, 0.1) is 0 Å². The van der Waals surface area contributed by atoms with E-state index in [4.69, 9.17) is 9.47 Å². The number of nitrogens with one attached hydrogen (secondary N) is 2. The summed E-state index contributed by atoms with van der Waals surface area (Å²) in [5.41, 5.74) is 1.71. The first kappa shape index (κ1) is 26.7. The van der Waals surface area contributed by atoms with E-state index in [1.165, 1.54) is 44.9 Å². The fourth-order valence-corrected chi connectivity index (χ4v) is 3.77. The molecule has 2 N–H and O–H groups in total. The molecule has 33 heavy (non-hydrogen) atoms. The first-order valence-electron chi connectivity index (χ1n) is 12.8. The number of hydrogen-bond donors (Lipinski definition) is 2. The molecule has 1 aliphatic heterocycles. The van der Waals surface area contributed by atoms with E-state index in [-0.39, 0.29) is 24.9 Å². The van der Waals surface area contributed by atoms with Crippen LogP contribution >= 0.6 is 0 Å². The van der Waals surface area contributed by atoms with Crippen LogP contribution in [0.2, 0.25) is 0 Å². The minimum absolute atomic E-state index is 0.0120. The van der Waals surface area contributed by atoms with E-state index in [0.717, 1.165) is 31.4 Å². The summed E-state index contributed by atoms with van der Waals surface area (Å²) in [5.74, 6) is 1.21. The minimum atomic E-state index is -0.0983. The molecule has 1 heterocycles. The van der Waals surface area contributed by atoms with E-state index in [0.29, 0.717) is 30.2 Å². The highest BCUT2D eigenvalue weighted by atomic mass is 16.5. The highest BCUT2D eigenvalue weighted by Crippen LogP contribution is 2.21. The van der Waals surface area contributed by atoms with Crippen LogP contribution in [0.1, 0.15) is 83.6 Å². The van der Waals surface area contributed by atoms with E-state index in [1.807, 2.05) is 24.3 Å². The Morgan fingerprint density at radius 3 is 2.21 bits per heavy atom. The van der Waals surface area contributed by atoms with Gasteiger partial charge in [0, 0.05) is 19.5 Å². The maximum absolute atomic E-state index is 12.3. The van der Waals surface area contributed by atoms with E-state index in [2.05, 4.69) is 24.5 Å². The summed E-state index contributed by atoms with van der Waals surface area (Å²) >= 11 is 0. The first-order valence-corrected chi connectivity index (χ1v) is 12.8. The van der Waals surface area contributed by atoms with Crippen LogP contribution < -0.4 is 15.4 Å². The Balaban J connectivity index is 1.72. The van der Waals surface area contributed by atoms with Crippen LogP contribution in [0.15, 0.2) is 35.7 Å². The molecule has 0 aromatic heterocycles. The van der Waals surface area contributed by atoms with Crippen LogP contribution in [0.5, 0.6) is 5.75 Å². The molecule has 0 atom stereocenters. The molecule has 0 radical (unpaired) electrons. The van der Waals surface area contributed by atoms with Crippen LogP contribution in [-0.2, 0) is 20.7 Å². The summed E-state index contributed by atoms with van der Waals surface area (Å²) in [6.07, 6.45) is 12.4. The van der Waals surface area contributed by atoms with Crippen molar-refractivity contribution in [3.05, 3.63) is 41.3 Å². The molecule has 0 fully saturated rings. The largest absolute Gasteiger partial charge is 0.484 e. The van der Waals surface area contributed by atoms with Gasteiger partial charge in [0.25, 0.3) is 5.91 Å². The molecule has 2 rings (SSSR count). The SMILES string of the molecule is CCCCCCCNC(=O)COc1ccc(CC2=C(NCCCCCCC)OCC2=O)cc1. The van der Waals surface area contributed by atoms with Gasteiger partial charge >= 0.3 is 0 Å². The molecule has 1 aromatic rings. The molecule has 1 amide bonds. The number of ketones is 1. The molecule has 1 aliphatic rings. The third kappa shape index (κ3) is 10.8. The number of Topliss-reactive ketones (excluding diaryl/α,β-unsaturated/α-hetero) is 1. The second-order valence-corrected chi connectivity index (χ2v) is 8.73. The van der Waals surface area contributed by atoms with Gasteiger partial charge in [0.1, 0.15) is 5.75 Å². The molecule has 6 heteroatoms. The molecule has 0 aliphatic carbocycles. The second kappa shape index (κ2) is 16.2. The summed E-state index contributed by atoms with van der Waals surface area (Å²) < 4.78 is 11.2. The molecule has 0 bridgehead atoms. The van der Waals surface area contributed by atoms with Crippen molar-refractivity contribution in [2.24, 2.45) is 0 Å². The number of benzene rings is 1. The molecule has 0 unspecified atom stereocenters. The van der Waals surface area contributed by atoms with Gasteiger partial charge in [-0.2, -0.15) is 0 Å². The van der Waals surface area contributed by atoms with Gasteiger partial charge < -0.3 is 20.1 Å². The van der Waals surface area contributed by atoms with Crippen molar-refractivity contribution < 1.29 is 19.1 Å². The van der Waals surface area contributed by atoms with Crippen LogP contribution in [0.25, 0.3) is 0 Å².